The number of hydrogen-bond acceptors (Lipinski definition) is 0. The van der Waals surface area contributed by atoms with Gasteiger partial charge in [0.05, 0.1) is 0 Å². The summed E-state index contributed by atoms with van der Waals surface area (Å²) in [5.41, 5.74) is 3.97. The van der Waals surface area contributed by atoms with Crippen LogP contribution in [-0.2, 0) is 0 Å². The van der Waals surface area contributed by atoms with Crippen LogP contribution in [0.15, 0.2) is 0 Å². The zero-order valence-corrected chi connectivity index (χ0v) is 73.7. The molecule has 0 aliphatic heterocycles. The van der Waals surface area contributed by atoms with Crippen LogP contribution in [0.3, 0.4) is 0 Å². The number of hydrogen-bond donors (Lipinski definition) is 0. The Labute approximate surface area is 577 Å². The second-order valence-electron chi connectivity index (χ2n) is 43.7. The SMILES string of the molecule is CC(C)(C)C.CCC(C)(C(C)(C)C1C(C)C(C(C)C(C)C(C)C(C)C(C)C(C)C(C)C)C1C(C)C)C(C)(C)C(C)(C)C.CCC(C)(C)C(C)(C)C(C)C(C)C(C)C(C)C(C)C(C)C(C)C(C)(C)C.CCC(C)C(C)C(C)(C)C(C)(C)C(C)(C)C(C)(C)C(C)(C)C. The Morgan fingerprint density at radius 2 is 0.633 bits per heavy atom. The van der Waals surface area contributed by atoms with Crippen LogP contribution in [0.5, 0.6) is 0 Å². The maximum Gasteiger partial charge on any atom is -0.0218 e. The summed E-state index contributed by atoms with van der Waals surface area (Å²) in [7, 11) is 0. The number of rotatable bonds is 27. The van der Waals surface area contributed by atoms with Crippen LogP contribution in [0.25, 0.3) is 0 Å². The smallest absolute Gasteiger partial charge is 0.0218 e. The average Bonchev–Trinajstić information content (AvgIpc) is 0.776. The van der Waals surface area contributed by atoms with Crippen molar-refractivity contribution in [1.29, 1.82) is 0 Å². The topological polar surface area (TPSA) is 0 Å². The van der Waals surface area contributed by atoms with Crippen molar-refractivity contribution in [2.45, 2.75) is 386 Å². The van der Waals surface area contributed by atoms with Crippen molar-refractivity contribution in [2.24, 2.45) is 195 Å². The summed E-state index contributed by atoms with van der Waals surface area (Å²) in [4.78, 5) is 0. The fourth-order valence-corrected chi connectivity index (χ4v) is 18.7. The lowest BCUT2D eigenvalue weighted by Crippen LogP contribution is -2.64. The molecule has 0 heterocycles. The highest BCUT2D eigenvalue weighted by atomic mass is 14.7. The summed E-state index contributed by atoms with van der Waals surface area (Å²) in [5.74, 6) is 16.1. The monoisotopic (exact) mass is 1270 g/mol. The second-order valence-corrected chi connectivity index (χ2v) is 43.7. The summed E-state index contributed by atoms with van der Waals surface area (Å²) >= 11 is 0. The highest BCUT2D eigenvalue weighted by molar-refractivity contribution is 5.13. The zero-order chi connectivity index (χ0) is 73.7. The molecular formula is C90H186. The van der Waals surface area contributed by atoms with Gasteiger partial charge in [-0.3, -0.25) is 0 Å². The second kappa shape index (κ2) is 33.2. The molecule has 0 radical (unpaired) electrons. The van der Waals surface area contributed by atoms with E-state index >= 15 is 0 Å². The van der Waals surface area contributed by atoms with Gasteiger partial charge >= 0.3 is 0 Å². The molecule has 1 aliphatic rings. The molecule has 0 spiro atoms. The van der Waals surface area contributed by atoms with Crippen LogP contribution in [0, 0.1) is 195 Å². The summed E-state index contributed by atoms with van der Waals surface area (Å²) in [6.07, 6.45) is 3.76. The van der Waals surface area contributed by atoms with E-state index in [1.54, 1.807) is 0 Å². The third-order valence-corrected chi connectivity index (χ3v) is 34.1. The molecule has 20 atom stereocenters. The lowest BCUT2D eigenvalue weighted by molar-refractivity contribution is -0.215. The van der Waals surface area contributed by atoms with Gasteiger partial charge < -0.3 is 0 Å². The van der Waals surface area contributed by atoms with Gasteiger partial charge in [-0.1, -0.05) is 380 Å². The summed E-state index contributed by atoms with van der Waals surface area (Å²) < 4.78 is 0. The lowest BCUT2D eigenvalue weighted by atomic mass is 9.35. The fourth-order valence-electron chi connectivity index (χ4n) is 18.7. The van der Waals surface area contributed by atoms with E-state index in [-0.39, 0.29) is 48.7 Å². The molecule has 1 aliphatic carbocycles. The first-order valence-corrected chi connectivity index (χ1v) is 39.3. The molecule has 0 aromatic rings. The van der Waals surface area contributed by atoms with Crippen LogP contribution in [-0.4, -0.2) is 0 Å². The first-order chi connectivity index (χ1) is 39.3. The molecule has 90 heavy (non-hydrogen) atoms. The quantitative estimate of drug-likeness (QED) is 0.0769. The van der Waals surface area contributed by atoms with E-state index in [2.05, 4.69) is 367 Å². The predicted octanol–water partition coefficient (Wildman–Crippen LogP) is 30.9. The Hall–Kier alpha value is 0. The minimum Gasteiger partial charge on any atom is -0.0651 e. The van der Waals surface area contributed by atoms with Crippen molar-refractivity contribution in [2.75, 3.05) is 0 Å². The molecule has 1 fully saturated rings. The zero-order valence-electron chi connectivity index (χ0n) is 73.7. The van der Waals surface area contributed by atoms with Crippen molar-refractivity contribution >= 4 is 0 Å². The summed E-state index contributed by atoms with van der Waals surface area (Å²) in [5, 5.41) is 0. The molecule has 0 saturated heterocycles. The van der Waals surface area contributed by atoms with Gasteiger partial charge in [0.25, 0.3) is 0 Å². The predicted molar refractivity (Wildman–Crippen MR) is 419 cm³/mol. The maximum absolute atomic E-state index is 2.66. The molecular weight excluding hydrogens is 1080 g/mol. The van der Waals surface area contributed by atoms with Crippen LogP contribution in [0.2, 0.25) is 0 Å². The molecule has 0 amide bonds. The van der Waals surface area contributed by atoms with E-state index in [9.17, 15) is 0 Å². The van der Waals surface area contributed by atoms with Crippen LogP contribution >= 0.6 is 0 Å². The van der Waals surface area contributed by atoms with Gasteiger partial charge in [-0.2, -0.15) is 0 Å². The third kappa shape index (κ3) is 20.6. The van der Waals surface area contributed by atoms with Crippen molar-refractivity contribution in [1.82, 2.24) is 0 Å². The van der Waals surface area contributed by atoms with E-state index in [4.69, 9.17) is 0 Å². The standard InChI is InChI=1S/C37H74.C26H54.C22H46.C5H12/c1-21-37(20,36(18,19)34(13,14)15)35(16,17)33-30(12)32(31(33)23(4)5)29(11)28(10)27(9)26(8)25(7)24(6)22(2)3;1-16-25(12,13)26(14,15)23(8)21(6)19(4)17(2)18(3)20(5)22(7)24(9,10)11;1-15-16(2)17(3)19(7,8)21(11,12)22(13,14)20(9,10)18(4,5)6;1-5(2,3)4/h22-33H,21H2,1-20H3;17-23H,16H2,1-15H3;16-17H,15H2,1-14H3;1-4H3. The Balaban J connectivity index is -0.00000126. The third-order valence-electron chi connectivity index (χ3n) is 34.1. The molecule has 0 N–H and O–H groups in total. The Kier molecular flexibility index (Phi) is 34.8. The molecule has 0 aromatic heterocycles. The summed E-state index contributed by atoms with van der Waals surface area (Å²) in [6.45, 7) is 131. The van der Waals surface area contributed by atoms with Gasteiger partial charge in [0.15, 0.2) is 0 Å². The van der Waals surface area contributed by atoms with Crippen molar-refractivity contribution in [3.8, 4) is 0 Å². The molecule has 20 unspecified atom stereocenters. The van der Waals surface area contributed by atoms with Crippen LogP contribution in [0.1, 0.15) is 386 Å². The molecule has 546 valence electrons. The van der Waals surface area contributed by atoms with E-state index in [1.165, 1.54) is 19.3 Å². The highest BCUT2D eigenvalue weighted by Crippen LogP contribution is 2.71. The maximum atomic E-state index is 2.66. The van der Waals surface area contributed by atoms with Gasteiger partial charge in [-0.25, -0.2) is 0 Å². The lowest BCUT2D eigenvalue weighted by Gasteiger charge is -2.69. The van der Waals surface area contributed by atoms with E-state index in [1.807, 2.05) is 0 Å². The van der Waals surface area contributed by atoms with E-state index in [0.717, 1.165) is 118 Å². The van der Waals surface area contributed by atoms with Gasteiger partial charge in [-0.15, -0.1) is 0 Å². The molecule has 1 rings (SSSR count). The molecule has 0 aromatic carbocycles. The van der Waals surface area contributed by atoms with Gasteiger partial charge in [0, 0.05) is 0 Å². The average molecular weight is 1270 g/mol. The van der Waals surface area contributed by atoms with E-state index in [0.29, 0.717) is 27.6 Å². The summed E-state index contributed by atoms with van der Waals surface area (Å²) in [6, 6.07) is 0. The van der Waals surface area contributed by atoms with Gasteiger partial charge in [0.1, 0.15) is 0 Å². The van der Waals surface area contributed by atoms with Gasteiger partial charge in [-0.05, 0) is 201 Å². The Morgan fingerprint density at radius 3 is 0.922 bits per heavy atom. The van der Waals surface area contributed by atoms with Crippen molar-refractivity contribution in [3.05, 3.63) is 0 Å². The molecule has 1 saturated carbocycles. The molecule has 0 nitrogen and oxygen atoms in total. The first kappa shape index (κ1) is 94.2. The fraction of sp³-hybridized carbons (Fsp3) is 1.00. The Morgan fingerprint density at radius 1 is 0.311 bits per heavy atom. The van der Waals surface area contributed by atoms with Crippen LogP contribution in [0.4, 0.5) is 0 Å². The first-order valence-electron chi connectivity index (χ1n) is 39.3. The minimum absolute atomic E-state index is 0.226. The van der Waals surface area contributed by atoms with E-state index < -0.39 is 0 Å². The Bertz CT molecular complexity index is 1980. The van der Waals surface area contributed by atoms with Crippen molar-refractivity contribution in [3.63, 3.8) is 0 Å². The normalized spacial score (nSPS) is 24.0. The van der Waals surface area contributed by atoms with Gasteiger partial charge in [0.2, 0.25) is 0 Å². The molecule has 0 heteroatoms. The van der Waals surface area contributed by atoms with Crippen molar-refractivity contribution < 1.29 is 0 Å². The highest BCUT2D eigenvalue weighted by Gasteiger charge is 2.65. The van der Waals surface area contributed by atoms with Crippen LogP contribution < -0.4 is 0 Å². The largest absolute Gasteiger partial charge is 0.0651 e. The minimum atomic E-state index is 0.226. The molecule has 0 bridgehead atoms.